The fourth-order valence-corrected chi connectivity index (χ4v) is 2.86. The quantitative estimate of drug-likeness (QED) is 0.825. The number of nitrogens with zero attached hydrogens (tertiary/aromatic N) is 1. The summed E-state index contributed by atoms with van der Waals surface area (Å²) in [5.74, 6) is 2.20. The molecule has 1 aliphatic heterocycles. The first-order valence-electron chi connectivity index (χ1n) is 5.33. The second-order valence-corrected chi connectivity index (χ2v) is 5.35. The predicted molar refractivity (Wildman–Crippen MR) is 67.4 cm³/mol. The molecule has 2 rings (SSSR count). The first-order valence-corrected chi connectivity index (χ1v) is 6.38. The van der Waals surface area contributed by atoms with Crippen molar-refractivity contribution in [3.05, 3.63) is 17.8 Å². The molecule has 0 spiro atoms. The molecule has 1 aromatic rings. The number of hydrogen-bond donors (Lipinski definition) is 2. The SMILES string of the molecule is Cc1cnc(NCC2CCCS2)cc1N. The van der Waals surface area contributed by atoms with Crippen LogP contribution in [0, 0.1) is 6.92 Å². The lowest BCUT2D eigenvalue weighted by molar-refractivity contribution is 0.803. The highest BCUT2D eigenvalue weighted by atomic mass is 32.2. The Hall–Kier alpha value is -0.900. The van der Waals surface area contributed by atoms with E-state index in [1.807, 2.05) is 30.9 Å². The van der Waals surface area contributed by atoms with Crippen LogP contribution in [-0.2, 0) is 0 Å². The molecule has 1 unspecified atom stereocenters. The Morgan fingerprint density at radius 2 is 2.53 bits per heavy atom. The molecule has 1 aliphatic rings. The maximum Gasteiger partial charge on any atom is 0.127 e. The number of nitrogens with one attached hydrogen (secondary N) is 1. The highest BCUT2D eigenvalue weighted by molar-refractivity contribution is 8.00. The predicted octanol–water partition coefficient (Wildman–Crippen LogP) is 2.28. The number of aromatic nitrogens is 1. The lowest BCUT2D eigenvalue weighted by Gasteiger charge is -2.11. The molecule has 1 saturated heterocycles. The maximum atomic E-state index is 5.82. The summed E-state index contributed by atoms with van der Waals surface area (Å²) in [4.78, 5) is 4.30. The third-order valence-corrected chi connectivity index (χ3v) is 4.08. The van der Waals surface area contributed by atoms with Gasteiger partial charge in [-0.3, -0.25) is 0 Å². The molecule has 15 heavy (non-hydrogen) atoms. The average Bonchev–Trinajstić information content (AvgIpc) is 2.73. The summed E-state index contributed by atoms with van der Waals surface area (Å²) in [6, 6.07) is 1.91. The number of hydrogen-bond acceptors (Lipinski definition) is 4. The fraction of sp³-hybridized carbons (Fsp3) is 0.545. The number of anilines is 2. The van der Waals surface area contributed by atoms with Gasteiger partial charge in [0.05, 0.1) is 0 Å². The molecule has 3 nitrogen and oxygen atoms in total. The largest absolute Gasteiger partial charge is 0.398 e. The van der Waals surface area contributed by atoms with Crippen LogP contribution >= 0.6 is 11.8 Å². The number of thioether (sulfide) groups is 1. The van der Waals surface area contributed by atoms with Gasteiger partial charge in [0.15, 0.2) is 0 Å². The Morgan fingerprint density at radius 1 is 1.67 bits per heavy atom. The van der Waals surface area contributed by atoms with Crippen molar-refractivity contribution in [3.8, 4) is 0 Å². The van der Waals surface area contributed by atoms with E-state index in [0.717, 1.165) is 28.9 Å². The van der Waals surface area contributed by atoms with E-state index in [1.54, 1.807) is 0 Å². The third-order valence-electron chi connectivity index (χ3n) is 2.68. The van der Waals surface area contributed by atoms with Crippen molar-refractivity contribution in [2.75, 3.05) is 23.3 Å². The molecular formula is C11H17N3S. The van der Waals surface area contributed by atoms with Crippen molar-refractivity contribution >= 4 is 23.3 Å². The summed E-state index contributed by atoms with van der Waals surface area (Å²) in [6.07, 6.45) is 4.49. The van der Waals surface area contributed by atoms with Crippen molar-refractivity contribution in [2.45, 2.75) is 25.0 Å². The maximum absolute atomic E-state index is 5.82. The van der Waals surface area contributed by atoms with Gasteiger partial charge in [-0.2, -0.15) is 11.8 Å². The average molecular weight is 223 g/mol. The Labute approximate surface area is 94.8 Å². The van der Waals surface area contributed by atoms with Crippen molar-refractivity contribution in [1.82, 2.24) is 4.98 Å². The van der Waals surface area contributed by atoms with Gasteiger partial charge in [0, 0.05) is 29.7 Å². The molecule has 0 aromatic carbocycles. The zero-order valence-electron chi connectivity index (χ0n) is 8.99. The summed E-state index contributed by atoms with van der Waals surface area (Å²) in [5.41, 5.74) is 7.67. The van der Waals surface area contributed by atoms with E-state index < -0.39 is 0 Å². The van der Waals surface area contributed by atoms with E-state index in [2.05, 4.69) is 10.3 Å². The van der Waals surface area contributed by atoms with Crippen LogP contribution < -0.4 is 11.1 Å². The van der Waals surface area contributed by atoms with Gasteiger partial charge in [0.2, 0.25) is 0 Å². The normalized spacial score (nSPS) is 20.5. The van der Waals surface area contributed by atoms with Gasteiger partial charge in [0.1, 0.15) is 5.82 Å². The minimum absolute atomic E-state index is 0.745. The molecular weight excluding hydrogens is 206 g/mol. The fourth-order valence-electron chi connectivity index (χ4n) is 1.66. The minimum Gasteiger partial charge on any atom is -0.398 e. The highest BCUT2D eigenvalue weighted by Gasteiger charge is 2.15. The van der Waals surface area contributed by atoms with Gasteiger partial charge in [-0.05, 0) is 31.1 Å². The third kappa shape index (κ3) is 2.78. The molecule has 4 heteroatoms. The summed E-state index contributed by atoms with van der Waals surface area (Å²) in [5, 5.41) is 4.09. The van der Waals surface area contributed by atoms with Gasteiger partial charge in [-0.1, -0.05) is 0 Å². The van der Waals surface area contributed by atoms with E-state index in [4.69, 9.17) is 5.73 Å². The lowest BCUT2D eigenvalue weighted by atomic mass is 10.2. The van der Waals surface area contributed by atoms with E-state index in [0.29, 0.717) is 0 Å². The van der Waals surface area contributed by atoms with E-state index in [9.17, 15) is 0 Å². The Morgan fingerprint density at radius 3 is 3.20 bits per heavy atom. The monoisotopic (exact) mass is 223 g/mol. The molecule has 82 valence electrons. The highest BCUT2D eigenvalue weighted by Crippen LogP contribution is 2.26. The molecule has 0 bridgehead atoms. The number of pyridine rings is 1. The standard InChI is InChI=1S/C11H17N3S/c1-8-6-13-11(5-10(8)12)14-7-9-3-2-4-15-9/h5-6,9H,2-4,7H2,1H3,(H3,12,13,14). The van der Waals surface area contributed by atoms with Gasteiger partial charge in [0.25, 0.3) is 0 Å². The summed E-state index contributed by atoms with van der Waals surface area (Å²) in [7, 11) is 0. The molecule has 1 fully saturated rings. The molecule has 0 aliphatic carbocycles. The first-order chi connectivity index (χ1) is 7.25. The van der Waals surface area contributed by atoms with Crippen LogP contribution in [0.25, 0.3) is 0 Å². The van der Waals surface area contributed by atoms with E-state index in [-0.39, 0.29) is 0 Å². The molecule has 1 aromatic heterocycles. The summed E-state index contributed by atoms with van der Waals surface area (Å²) < 4.78 is 0. The van der Waals surface area contributed by atoms with E-state index in [1.165, 1.54) is 18.6 Å². The molecule has 0 radical (unpaired) electrons. The first kappa shape index (κ1) is 10.6. The molecule has 2 heterocycles. The van der Waals surface area contributed by atoms with Gasteiger partial charge < -0.3 is 11.1 Å². The molecule has 1 atom stereocenters. The second-order valence-electron chi connectivity index (χ2n) is 3.94. The molecule has 0 saturated carbocycles. The Bertz CT molecular complexity index is 335. The second kappa shape index (κ2) is 4.75. The van der Waals surface area contributed by atoms with Crippen molar-refractivity contribution < 1.29 is 0 Å². The van der Waals surface area contributed by atoms with Crippen LogP contribution in [0.4, 0.5) is 11.5 Å². The molecule has 0 amide bonds. The summed E-state index contributed by atoms with van der Waals surface area (Å²) >= 11 is 2.05. The van der Waals surface area contributed by atoms with E-state index >= 15 is 0 Å². The van der Waals surface area contributed by atoms with Gasteiger partial charge in [-0.25, -0.2) is 4.98 Å². The van der Waals surface area contributed by atoms with Gasteiger partial charge in [-0.15, -0.1) is 0 Å². The summed E-state index contributed by atoms with van der Waals surface area (Å²) in [6.45, 7) is 2.97. The van der Waals surface area contributed by atoms with Crippen molar-refractivity contribution in [2.24, 2.45) is 0 Å². The smallest absolute Gasteiger partial charge is 0.127 e. The van der Waals surface area contributed by atoms with Crippen LogP contribution in [0.15, 0.2) is 12.3 Å². The van der Waals surface area contributed by atoms with Crippen LogP contribution in [0.5, 0.6) is 0 Å². The van der Waals surface area contributed by atoms with Crippen LogP contribution in [0.3, 0.4) is 0 Å². The number of rotatable bonds is 3. The van der Waals surface area contributed by atoms with Crippen molar-refractivity contribution in [3.63, 3.8) is 0 Å². The van der Waals surface area contributed by atoms with Crippen LogP contribution in [0.2, 0.25) is 0 Å². The minimum atomic E-state index is 0.745. The Kier molecular flexibility index (Phi) is 3.36. The zero-order chi connectivity index (χ0) is 10.7. The van der Waals surface area contributed by atoms with Crippen LogP contribution in [-0.4, -0.2) is 22.5 Å². The number of nitrogens with two attached hydrogens (primary N) is 1. The topological polar surface area (TPSA) is 50.9 Å². The number of nitrogen functional groups attached to an aromatic ring is 1. The number of aryl methyl sites for hydroxylation is 1. The lowest BCUT2D eigenvalue weighted by Crippen LogP contribution is -2.14. The molecule has 3 N–H and O–H groups in total. The van der Waals surface area contributed by atoms with Crippen molar-refractivity contribution in [1.29, 1.82) is 0 Å². The van der Waals surface area contributed by atoms with Crippen LogP contribution in [0.1, 0.15) is 18.4 Å². The van der Waals surface area contributed by atoms with Gasteiger partial charge >= 0.3 is 0 Å². The Balaban J connectivity index is 1.90. The zero-order valence-corrected chi connectivity index (χ0v) is 9.81.